The molecule has 31 heavy (non-hydrogen) atoms. The molecule has 9 heteroatoms. The van der Waals surface area contributed by atoms with E-state index in [-0.39, 0.29) is 0 Å². The topological polar surface area (TPSA) is 82.0 Å². The highest BCUT2D eigenvalue weighted by molar-refractivity contribution is 5.78. The minimum Gasteiger partial charge on any atom is -0.378 e. The first-order valence-electron chi connectivity index (χ1n) is 10.8. The molecule has 0 radical (unpaired) electrons. The molecule has 164 valence electrons. The Morgan fingerprint density at radius 1 is 0.935 bits per heavy atom. The summed E-state index contributed by atoms with van der Waals surface area (Å²) in [6.45, 7) is 4.89. The minimum atomic E-state index is 0.457. The number of hydrogen-bond donors (Lipinski definition) is 1. The van der Waals surface area contributed by atoms with Gasteiger partial charge in [-0.3, -0.25) is 0 Å². The molecule has 2 aromatic rings. The van der Waals surface area contributed by atoms with E-state index in [0.29, 0.717) is 31.1 Å². The Labute approximate surface area is 183 Å². The molecule has 2 aliphatic heterocycles. The molecule has 2 aliphatic rings. The Hall–Kier alpha value is -3.20. The van der Waals surface area contributed by atoms with Crippen molar-refractivity contribution >= 4 is 35.8 Å². The number of morpholine rings is 1. The predicted molar refractivity (Wildman–Crippen MR) is 126 cm³/mol. The normalized spacial score (nSPS) is 17.1. The highest BCUT2D eigenvalue weighted by Gasteiger charge is 2.21. The van der Waals surface area contributed by atoms with Crippen molar-refractivity contribution < 1.29 is 4.74 Å². The number of benzene rings is 1. The molecular weight excluding hydrogens is 392 g/mol. The van der Waals surface area contributed by atoms with Gasteiger partial charge in [-0.25, -0.2) is 5.43 Å². The van der Waals surface area contributed by atoms with E-state index in [1.165, 1.54) is 18.5 Å². The zero-order valence-electron chi connectivity index (χ0n) is 18.2. The maximum Gasteiger partial charge on any atom is 0.250 e. The SMILES string of the molecule is CN(C)c1ccc(/C=C/C=N\Nc2nc(N3CCCC3)nc(N3CCOCC3)n2)cc1. The first-order chi connectivity index (χ1) is 15.2. The zero-order chi connectivity index (χ0) is 21.5. The van der Waals surface area contributed by atoms with Gasteiger partial charge in [0.15, 0.2) is 0 Å². The lowest BCUT2D eigenvalue weighted by molar-refractivity contribution is 0.122. The minimum absolute atomic E-state index is 0.457. The Morgan fingerprint density at radius 2 is 1.58 bits per heavy atom. The molecule has 0 saturated carbocycles. The Bertz CT molecular complexity index is 900. The highest BCUT2D eigenvalue weighted by Crippen LogP contribution is 2.21. The van der Waals surface area contributed by atoms with Crippen LogP contribution in [0, 0.1) is 0 Å². The lowest BCUT2D eigenvalue weighted by atomic mass is 10.2. The molecule has 1 aromatic heterocycles. The molecule has 1 N–H and O–H groups in total. The number of anilines is 4. The van der Waals surface area contributed by atoms with Crippen molar-refractivity contribution in [3.8, 4) is 0 Å². The summed E-state index contributed by atoms with van der Waals surface area (Å²) in [4.78, 5) is 20.3. The molecule has 3 heterocycles. The third kappa shape index (κ3) is 5.69. The third-order valence-electron chi connectivity index (χ3n) is 5.32. The number of nitrogens with one attached hydrogen (secondary N) is 1. The molecular formula is C22H30N8O. The second-order valence-corrected chi connectivity index (χ2v) is 7.79. The van der Waals surface area contributed by atoms with Crippen molar-refractivity contribution in [2.45, 2.75) is 12.8 Å². The maximum absolute atomic E-state index is 5.46. The average Bonchev–Trinajstić information content (AvgIpc) is 3.35. The molecule has 9 nitrogen and oxygen atoms in total. The fraction of sp³-hybridized carbons (Fsp3) is 0.455. The van der Waals surface area contributed by atoms with E-state index >= 15 is 0 Å². The van der Waals surface area contributed by atoms with Crippen molar-refractivity contribution in [3.05, 3.63) is 35.9 Å². The number of allylic oxidation sites excluding steroid dienone is 1. The van der Waals surface area contributed by atoms with Gasteiger partial charge in [-0.05, 0) is 36.6 Å². The summed E-state index contributed by atoms with van der Waals surface area (Å²) >= 11 is 0. The number of rotatable bonds is 7. The quantitative estimate of drug-likeness (QED) is 0.538. The van der Waals surface area contributed by atoms with Crippen LogP contribution in [0.2, 0.25) is 0 Å². The highest BCUT2D eigenvalue weighted by atomic mass is 16.5. The summed E-state index contributed by atoms with van der Waals surface area (Å²) in [7, 11) is 4.06. The summed E-state index contributed by atoms with van der Waals surface area (Å²) in [6, 6.07) is 8.34. The number of aromatic nitrogens is 3. The van der Waals surface area contributed by atoms with Gasteiger partial charge in [0.2, 0.25) is 17.8 Å². The summed E-state index contributed by atoms with van der Waals surface area (Å²) in [5.41, 5.74) is 5.25. The summed E-state index contributed by atoms with van der Waals surface area (Å²) in [5.74, 6) is 1.84. The van der Waals surface area contributed by atoms with Crippen LogP contribution in [0.25, 0.3) is 6.08 Å². The Morgan fingerprint density at radius 3 is 2.23 bits per heavy atom. The van der Waals surface area contributed by atoms with Crippen molar-refractivity contribution in [1.29, 1.82) is 0 Å². The number of nitrogens with zero attached hydrogens (tertiary/aromatic N) is 7. The summed E-state index contributed by atoms with van der Waals surface area (Å²) in [6.07, 6.45) is 7.93. The van der Waals surface area contributed by atoms with E-state index in [1.807, 2.05) is 26.2 Å². The van der Waals surface area contributed by atoms with Gasteiger partial charge < -0.3 is 19.4 Å². The molecule has 1 aromatic carbocycles. The molecule has 2 saturated heterocycles. The number of hydrazone groups is 1. The average molecular weight is 423 g/mol. The van der Waals surface area contributed by atoms with Crippen LogP contribution in [0.5, 0.6) is 0 Å². The molecule has 0 amide bonds. The van der Waals surface area contributed by atoms with Gasteiger partial charge >= 0.3 is 0 Å². The van der Waals surface area contributed by atoms with E-state index in [1.54, 1.807) is 6.21 Å². The number of ether oxygens (including phenoxy) is 1. The van der Waals surface area contributed by atoms with Gasteiger partial charge in [0.05, 0.1) is 13.2 Å². The van der Waals surface area contributed by atoms with Gasteiger partial charge in [0, 0.05) is 52.2 Å². The third-order valence-corrected chi connectivity index (χ3v) is 5.32. The van der Waals surface area contributed by atoms with Gasteiger partial charge in [-0.2, -0.15) is 20.1 Å². The van der Waals surface area contributed by atoms with Gasteiger partial charge in [0.25, 0.3) is 0 Å². The van der Waals surface area contributed by atoms with Gasteiger partial charge in [-0.1, -0.05) is 18.2 Å². The fourth-order valence-corrected chi connectivity index (χ4v) is 3.54. The van der Waals surface area contributed by atoms with E-state index in [9.17, 15) is 0 Å². The molecule has 0 unspecified atom stereocenters. The first-order valence-corrected chi connectivity index (χ1v) is 10.8. The van der Waals surface area contributed by atoms with E-state index in [4.69, 9.17) is 9.72 Å². The van der Waals surface area contributed by atoms with Gasteiger partial charge in [0.1, 0.15) is 0 Å². The summed E-state index contributed by atoms with van der Waals surface area (Å²) < 4.78 is 5.46. The van der Waals surface area contributed by atoms with Gasteiger partial charge in [-0.15, -0.1) is 0 Å². The second kappa shape index (κ2) is 10.2. The molecule has 0 atom stereocenters. The lowest BCUT2D eigenvalue weighted by Gasteiger charge is -2.27. The Kier molecular flexibility index (Phi) is 6.93. The molecule has 0 spiro atoms. The largest absolute Gasteiger partial charge is 0.378 e. The fourth-order valence-electron chi connectivity index (χ4n) is 3.54. The lowest BCUT2D eigenvalue weighted by Crippen LogP contribution is -2.38. The van der Waals surface area contributed by atoms with Crippen LogP contribution >= 0.6 is 0 Å². The summed E-state index contributed by atoms with van der Waals surface area (Å²) in [5, 5.41) is 4.27. The van der Waals surface area contributed by atoms with Crippen LogP contribution in [0.4, 0.5) is 23.5 Å². The van der Waals surface area contributed by atoms with Crippen LogP contribution in [-0.2, 0) is 4.74 Å². The molecule has 0 bridgehead atoms. The Balaban J connectivity index is 1.43. The second-order valence-electron chi connectivity index (χ2n) is 7.79. The first kappa shape index (κ1) is 21.0. The van der Waals surface area contributed by atoms with Crippen LogP contribution in [-0.4, -0.2) is 74.7 Å². The zero-order valence-corrected chi connectivity index (χ0v) is 18.2. The standard InChI is InChI=1S/C22H30N8O/c1-28(2)19-9-7-18(8-10-19)6-5-11-23-27-20-24-21(29-12-3-4-13-29)26-22(25-20)30-14-16-31-17-15-30/h5-11H,3-4,12-17H2,1-2H3,(H,24,25,26,27)/b6-5+,23-11-. The van der Waals surface area contributed by atoms with E-state index < -0.39 is 0 Å². The molecule has 0 aliphatic carbocycles. The molecule has 4 rings (SSSR count). The van der Waals surface area contributed by atoms with Crippen LogP contribution < -0.4 is 20.1 Å². The maximum atomic E-state index is 5.46. The van der Waals surface area contributed by atoms with Crippen molar-refractivity contribution in [3.63, 3.8) is 0 Å². The molecule has 2 fully saturated rings. The van der Waals surface area contributed by atoms with Crippen LogP contribution in [0.1, 0.15) is 18.4 Å². The van der Waals surface area contributed by atoms with Crippen LogP contribution in [0.15, 0.2) is 35.4 Å². The van der Waals surface area contributed by atoms with Crippen molar-refractivity contribution in [1.82, 2.24) is 15.0 Å². The number of hydrogen-bond acceptors (Lipinski definition) is 9. The smallest absolute Gasteiger partial charge is 0.250 e. The van der Waals surface area contributed by atoms with E-state index in [0.717, 1.165) is 31.7 Å². The monoisotopic (exact) mass is 422 g/mol. The van der Waals surface area contributed by atoms with Crippen molar-refractivity contribution in [2.75, 3.05) is 73.6 Å². The van der Waals surface area contributed by atoms with E-state index in [2.05, 4.69) is 59.5 Å². The van der Waals surface area contributed by atoms with Crippen LogP contribution in [0.3, 0.4) is 0 Å². The predicted octanol–water partition coefficient (Wildman–Crippen LogP) is 2.49. The van der Waals surface area contributed by atoms with Crippen molar-refractivity contribution in [2.24, 2.45) is 5.10 Å².